The van der Waals surface area contributed by atoms with E-state index in [0.29, 0.717) is 5.75 Å². The van der Waals surface area contributed by atoms with Gasteiger partial charge >= 0.3 is 11.9 Å². The van der Waals surface area contributed by atoms with E-state index in [0.717, 1.165) is 0 Å². The van der Waals surface area contributed by atoms with Crippen LogP contribution in [0.15, 0.2) is 0 Å². The van der Waals surface area contributed by atoms with E-state index in [1.54, 1.807) is 6.26 Å². The van der Waals surface area contributed by atoms with Gasteiger partial charge in [0.05, 0.1) is 6.04 Å². The average molecular weight is 464 g/mol. The molecule has 176 valence electrons. The van der Waals surface area contributed by atoms with E-state index in [4.69, 9.17) is 21.7 Å². The summed E-state index contributed by atoms with van der Waals surface area (Å²) >= 11 is 1.40. The van der Waals surface area contributed by atoms with Crippen LogP contribution in [0.5, 0.6) is 0 Å². The number of carbonyl (C=O) groups is 6. The van der Waals surface area contributed by atoms with Crippen LogP contribution in [0.1, 0.15) is 32.1 Å². The van der Waals surface area contributed by atoms with E-state index < -0.39 is 66.7 Å². The fourth-order valence-corrected chi connectivity index (χ4v) is 2.78. The predicted molar refractivity (Wildman–Crippen MR) is 111 cm³/mol. The second-order valence-electron chi connectivity index (χ2n) is 6.56. The zero-order chi connectivity index (χ0) is 24.0. The number of hydrogen-bond donors (Lipinski definition) is 7. The molecule has 0 aliphatic rings. The third kappa shape index (κ3) is 13.1. The Balaban J connectivity index is 5.22. The van der Waals surface area contributed by atoms with Crippen molar-refractivity contribution in [2.75, 3.05) is 18.6 Å². The van der Waals surface area contributed by atoms with Gasteiger partial charge in [-0.1, -0.05) is 0 Å². The van der Waals surface area contributed by atoms with Gasteiger partial charge in [-0.05, 0) is 31.3 Å². The van der Waals surface area contributed by atoms with Crippen molar-refractivity contribution in [3.05, 3.63) is 0 Å². The lowest BCUT2D eigenvalue weighted by molar-refractivity contribution is -0.140. The Morgan fingerprint density at radius 2 is 1.42 bits per heavy atom. The molecule has 14 heteroatoms. The van der Waals surface area contributed by atoms with Crippen molar-refractivity contribution in [2.45, 2.75) is 50.2 Å². The molecule has 0 aromatic rings. The topological polar surface area (TPSA) is 231 Å². The number of carboxylic acid groups (broad SMARTS) is 2. The van der Waals surface area contributed by atoms with Crippen molar-refractivity contribution in [1.29, 1.82) is 0 Å². The summed E-state index contributed by atoms with van der Waals surface area (Å²) in [7, 11) is 0. The molecule has 0 spiro atoms. The van der Waals surface area contributed by atoms with Crippen molar-refractivity contribution in [1.82, 2.24) is 16.0 Å². The number of thioether (sulfide) groups is 1. The van der Waals surface area contributed by atoms with Gasteiger partial charge in [-0.3, -0.25) is 28.8 Å². The molecule has 0 fully saturated rings. The number of aliphatic carboxylic acids is 2. The molecule has 0 saturated carbocycles. The maximum absolute atomic E-state index is 12.7. The summed E-state index contributed by atoms with van der Waals surface area (Å²) in [6.07, 6.45) is 1.10. The fraction of sp³-hybridized carbons (Fsp3) is 0.647. The molecule has 0 saturated heterocycles. The van der Waals surface area contributed by atoms with E-state index in [2.05, 4.69) is 16.0 Å². The number of amides is 4. The zero-order valence-corrected chi connectivity index (χ0v) is 17.9. The highest BCUT2D eigenvalue weighted by Crippen LogP contribution is 2.05. The molecule has 0 bridgehead atoms. The molecule has 9 N–H and O–H groups in total. The summed E-state index contributed by atoms with van der Waals surface area (Å²) in [4.78, 5) is 69.4. The third-order valence-corrected chi connectivity index (χ3v) is 4.62. The number of nitrogens with one attached hydrogen (secondary N) is 3. The standard InChI is InChI=1S/C17H29N5O8S/c1-31-7-6-11(21-15(28)9(18)2-4-12(19)23)17(30)22-10(3-5-13(24)25)16(29)20-8-14(26)27/h9-11H,2-8,18H2,1H3,(H2,19,23)(H,20,29)(H,21,28)(H,22,30)(H,24,25)(H,26,27). The van der Waals surface area contributed by atoms with Crippen LogP contribution >= 0.6 is 11.8 Å². The van der Waals surface area contributed by atoms with Crippen LogP contribution in [0.25, 0.3) is 0 Å². The number of carbonyl (C=O) groups excluding carboxylic acids is 4. The van der Waals surface area contributed by atoms with Gasteiger partial charge in [-0.15, -0.1) is 0 Å². The summed E-state index contributed by atoms with van der Waals surface area (Å²) in [6, 6.07) is -3.49. The molecule has 0 heterocycles. The molecule has 0 aromatic heterocycles. The Morgan fingerprint density at radius 1 is 0.839 bits per heavy atom. The lowest BCUT2D eigenvalue weighted by Gasteiger charge is -2.23. The van der Waals surface area contributed by atoms with Crippen molar-refractivity contribution in [2.24, 2.45) is 11.5 Å². The largest absolute Gasteiger partial charge is 0.481 e. The Morgan fingerprint density at radius 3 is 1.94 bits per heavy atom. The molecule has 31 heavy (non-hydrogen) atoms. The summed E-state index contributed by atoms with van der Waals surface area (Å²) in [5.41, 5.74) is 10.7. The fourth-order valence-electron chi connectivity index (χ4n) is 2.31. The van der Waals surface area contributed by atoms with Gasteiger partial charge in [-0.25, -0.2) is 0 Å². The van der Waals surface area contributed by atoms with Gasteiger partial charge in [0, 0.05) is 12.8 Å². The van der Waals surface area contributed by atoms with E-state index in [9.17, 15) is 28.8 Å². The minimum absolute atomic E-state index is 0.0170. The Hall–Kier alpha value is -2.87. The molecule has 0 aliphatic carbocycles. The lowest BCUT2D eigenvalue weighted by atomic mass is 10.1. The van der Waals surface area contributed by atoms with E-state index in [1.165, 1.54) is 11.8 Å². The maximum Gasteiger partial charge on any atom is 0.322 e. The average Bonchev–Trinajstić information content (AvgIpc) is 2.69. The van der Waals surface area contributed by atoms with Crippen molar-refractivity contribution in [3.8, 4) is 0 Å². The Kier molecular flexibility index (Phi) is 13.6. The number of rotatable bonds is 16. The van der Waals surface area contributed by atoms with Gasteiger partial charge in [-0.2, -0.15) is 11.8 Å². The van der Waals surface area contributed by atoms with Crippen LogP contribution in [-0.4, -0.2) is 82.5 Å². The molecule has 0 radical (unpaired) electrons. The maximum atomic E-state index is 12.7. The Bertz CT molecular complexity index is 675. The number of hydrogen-bond acceptors (Lipinski definition) is 8. The van der Waals surface area contributed by atoms with Crippen molar-refractivity contribution in [3.63, 3.8) is 0 Å². The van der Waals surface area contributed by atoms with Crippen LogP contribution in [0.3, 0.4) is 0 Å². The second kappa shape index (κ2) is 15.0. The highest BCUT2D eigenvalue weighted by atomic mass is 32.2. The quantitative estimate of drug-likeness (QED) is 0.126. The van der Waals surface area contributed by atoms with Crippen LogP contribution in [-0.2, 0) is 28.8 Å². The van der Waals surface area contributed by atoms with Gasteiger partial charge in [0.15, 0.2) is 0 Å². The second-order valence-corrected chi connectivity index (χ2v) is 7.54. The smallest absolute Gasteiger partial charge is 0.322 e. The first-order valence-electron chi connectivity index (χ1n) is 9.32. The summed E-state index contributed by atoms with van der Waals surface area (Å²) in [5.74, 6) is -5.01. The Labute approximate surface area is 183 Å². The first kappa shape index (κ1) is 28.1. The van der Waals surface area contributed by atoms with Crippen LogP contribution < -0.4 is 27.4 Å². The van der Waals surface area contributed by atoms with Crippen molar-refractivity contribution >= 4 is 47.3 Å². The van der Waals surface area contributed by atoms with E-state index in [-0.39, 0.29) is 25.7 Å². The molecule has 4 amide bonds. The normalized spacial score (nSPS) is 13.4. The SMILES string of the molecule is CSCCC(NC(=O)C(N)CCC(N)=O)C(=O)NC(CCC(=O)O)C(=O)NCC(=O)O. The van der Waals surface area contributed by atoms with Crippen LogP contribution in [0.2, 0.25) is 0 Å². The molecule has 3 unspecified atom stereocenters. The molecular weight excluding hydrogens is 434 g/mol. The number of nitrogens with two attached hydrogens (primary N) is 2. The highest BCUT2D eigenvalue weighted by Gasteiger charge is 2.28. The summed E-state index contributed by atoms with van der Waals surface area (Å²) in [6.45, 7) is -0.709. The minimum atomic E-state index is -1.32. The molecule has 3 atom stereocenters. The molecule has 0 rings (SSSR count). The molecule has 13 nitrogen and oxygen atoms in total. The first-order chi connectivity index (χ1) is 14.5. The molecule has 0 aliphatic heterocycles. The van der Waals surface area contributed by atoms with Gasteiger partial charge in [0.1, 0.15) is 18.6 Å². The minimum Gasteiger partial charge on any atom is -0.481 e. The van der Waals surface area contributed by atoms with Crippen LogP contribution in [0.4, 0.5) is 0 Å². The summed E-state index contributed by atoms with van der Waals surface area (Å²) < 4.78 is 0. The predicted octanol–water partition coefficient (Wildman–Crippen LogP) is -2.63. The lowest BCUT2D eigenvalue weighted by Crippen LogP contribution is -2.56. The number of primary amides is 1. The monoisotopic (exact) mass is 463 g/mol. The van der Waals surface area contributed by atoms with Gasteiger partial charge in [0.25, 0.3) is 0 Å². The van der Waals surface area contributed by atoms with Crippen molar-refractivity contribution < 1.29 is 39.0 Å². The zero-order valence-electron chi connectivity index (χ0n) is 17.1. The highest BCUT2D eigenvalue weighted by molar-refractivity contribution is 7.98. The summed E-state index contributed by atoms with van der Waals surface area (Å²) in [5, 5.41) is 24.4. The van der Waals surface area contributed by atoms with E-state index in [1.807, 2.05) is 0 Å². The molecular formula is C17H29N5O8S. The first-order valence-corrected chi connectivity index (χ1v) is 10.7. The van der Waals surface area contributed by atoms with Gasteiger partial charge in [0.2, 0.25) is 23.6 Å². The van der Waals surface area contributed by atoms with Crippen LogP contribution in [0, 0.1) is 0 Å². The third-order valence-electron chi connectivity index (χ3n) is 3.98. The van der Waals surface area contributed by atoms with Gasteiger partial charge < -0.3 is 37.6 Å². The molecule has 0 aromatic carbocycles. The number of carboxylic acids is 2. The van der Waals surface area contributed by atoms with E-state index >= 15 is 0 Å².